The molecule has 0 aromatic heterocycles. The fraction of sp³-hybridized carbons (Fsp3) is 0.500. The largest absolute Gasteiger partial charge is 0.507 e. The number of nitrogens with one attached hydrogen (secondary N) is 1. The summed E-state index contributed by atoms with van der Waals surface area (Å²) in [6.07, 6.45) is 0.835. The molecule has 0 saturated carbocycles. The molecule has 0 aliphatic carbocycles. The molecule has 1 aromatic rings. The highest BCUT2D eigenvalue weighted by atomic mass is 16.7. The molecule has 17 heavy (non-hydrogen) atoms. The topological polar surface area (TPSA) is 71.0 Å². The zero-order valence-corrected chi connectivity index (χ0v) is 9.77. The molecule has 1 unspecified atom stereocenters. The zero-order valence-electron chi connectivity index (χ0n) is 9.77. The minimum atomic E-state index is 0.0415. The van der Waals surface area contributed by atoms with Crippen LogP contribution in [-0.2, 0) is 6.54 Å². The van der Waals surface area contributed by atoms with E-state index in [1.54, 1.807) is 12.1 Å². The number of phenols is 1. The van der Waals surface area contributed by atoms with Crippen molar-refractivity contribution >= 4 is 0 Å². The first-order chi connectivity index (χ1) is 8.24. The predicted molar refractivity (Wildman–Crippen MR) is 62.2 cm³/mol. The molecule has 0 spiro atoms. The summed E-state index contributed by atoms with van der Waals surface area (Å²) in [6, 6.07) is 3.36. The molecule has 0 saturated heterocycles. The van der Waals surface area contributed by atoms with Gasteiger partial charge in [-0.3, -0.25) is 0 Å². The Labute approximate surface area is 100.0 Å². The van der Waals surface area contributed by atoms with E-state index in [4.69, 9.17) is 14.6 Å². The van der Waals surface area contributed by atoms with Gasteiger partial charge in [0, 0.05) is 24.2 Å². The Balaban J connectivity index is 2.06. The van der Waals surface area contributed by atoms with Crippen LogP contribution in [0, 0.1) is 0 Å². The van der Waals surface area contributed by atoms with E-state index in [1.807, 2.05) is 6.92 Å². The summed E-state index contributed by atoms with van der Waals surface area (Å²) in [5.74, 6) is 1.40. The Bertz CT molecular complexity index is 390. The molecule has 0 bridgehead atoms. The van der Waals surface area contributed by atoms with Crippen LogP contribution in [0.3, 0.4) is 0 Å². The van der Waals surface area contributed by atoms with Gasteiger partial charge in [0.25, 0.3) is 0 Å². The molecule has 94 valence electrons. The molecule has 1 atom stereocenters. The number of ether oxygens (including phenoxy) is 2. The van der Waals surface area contributed by atoms with Crippen LogP contribution in [0.5, 0.6) is 17.2 Å². The van der Waals surface area contributed by atoms with Gasteiger partial charge in [0.2, 0.25) is 6.79 Å². The molecular weight excluding hydrogens is 222 g/mol. The monoisotopic (exact) mass is 239 g/mol. The minimum absolute atomic E-state index is 0.0415. The molecule has 0 radical (unpaired) electrons. The van der Waals surface area contributed by atoms with E-state index in [9.17, 15) is 5.11 Å². The highest BCUT2D eigenvalue weighted by molar-refractivity contribution is 5.51. The lowest BCUT2D eigenvalue weighted by atomic mass is 10.1. The normalized spacial score (nSPS) is 14.9. The van der Waals surface area contributed by atoms with E-state index >= 15 is 0 Å². The average molecular weight is 239 g/mol. The maximum Gasteiger partial charge on any atom is 0.231 e. The third kappa shape index (κ3) is 2.62. The molecule has 1 heterocycles. The van der Waals surface area contributed by atoms with Crippen molar-refractivity contribution in [1.82, 2.24) is 5.32 Å². The van der Waals surface area contributed by atoms with E-state index in [0.717, 1.165) is 12.0 Å². The third-order valence-corrected chi connectivity index (χ3v) is 2.87. The first-order valence-corrected chi connectivity index (χ1v) is 5.70. The van der Waals surface area contributed by atoms with Gasteiger partial charge in [-0.15, -0.1) is 0 Å². The minimum Gasteiger partial charge on any atom is -0.507 e. The lowest BCUT2D eigenvalue weighted by molar-refractivity contribution is 0.174. The fourth-order valence-corrected chi connectivity index (χ4v) is 1.71. The van der Waals surface area contributed by atoms with Gasteiger partial charge >= 0.3 is 0 Å². The van der Waals surface area contributed by atoms with Crippen molar-refractivity contribution in [2.75, 3.05) is 13.4 Å². The van der Waals surface area contributed by atoms with Crippen molar-refractivity contribution in [2.24, 2.45) is 0 Å². The number of aromatic hydroxyl groups is 1. The number of aliphatic hydroxyl groups excluding tert-OH is 1. The second-order valence-corrected chi connectivity index (χ2v) is 4.00. The first-order valence-electron chi connectivity index (χ1n) is 5.70. The Hall–Kier alpha value is -1.46. The number of hydrogen-bond acceptors (Lipinski definition) is 5. The van der Waals surface area contributed by atoms with Crippen molar-refractivity contribution in [3.63, 3.8) is 0 Å². The van der Waals surface area contributed by atoms with Crippen LogP contribution < -0.4 is 14.8 Å². The second-order valence-electron chi connectivity index (χ2n) is 4.00. The van der Waals surface area contributed by atoms with Gasteiger partial charge in [-0.1, -0.05) is 6.92 Å². The third-order valence-electron chi connectivity index (χ3n) is 2.87. The highest BCUT2D eigenvalue weighted by Crippen LogP contribution is 2.37. The number of rotatable bonds is 5. The van der Waals surface area contributed by atoms with E-state index in [2.05, 4.69) is 5.32 Å². The van der Waals surface area contributed by atoms with Gasteiger partial charge in [0.1, 0.15) is 5.75 Å². The molecule has 2 rings (SSSR count). The highest BCUT2D eigenvalue weighted by Gasteiger charge is 2.17. The standard InChI is InChI=1S/C12H17NO4/c1-2-9(6-14)13-5-8-3-11-12(4-10(8)15)17-7-16-11/h3-4,9,13-15H,2,5-7H2,1H3. The SMILES string of the molecule is CCC(CO)NCc1cc2c(cc1O)OCO2. The molecule has 5 heteroatoms. The van der Waals surface area contributed by atoms with Crippen LogP contribution in [0.15, 0.2) is 12.1 Å². The molecular formula is C12H17NO4. The maximum atomic E-state index is 9.79. The van der Waals surface area contributed by atoms with Crippen LogP contribution in [0.25, 0.3) is 0 Å². The van der Waals surface area contributed by atoms with Crippen molar-refractivity contribution in [3.05, 3.63) is 17.7 Å². The van der Waals surface area contributed by atoms with Crippen LogP contribution in [-0.4, -0.2) is 29.7 Å². The molecule has 5 nitrogen and oxygen atoms in total. The van der Waals surface area contributed by atoms with Gasteiger partial charge in [0.05, 0.1) is 6.61 Å². The summed E-state index contributed by atoms with van der Waals surface area (Å²) in [6.45, 7) is 2.76. The van der Waals surface area contributed by atoms with Gasteiger partial charge < -0.3 is 25.0 Å². The van der Waals surface area contributed by atoms with Gasteiger partial charge in [-0.05, 0) is 12.5 Å². The van der Waals surface area contributed by atoms with Gasteiger partial charge in [-0.2, -0.15) is 0 Å². The van der Waals surface area contributed by atoms with E-state index < -0.39 is 0 Å². The Morgan fingerprint density at radius 2 is 2.06 bits per heavy atom. The summed E-state index contributed by atoms with van der Waals surface area (Å²) in [7, 11) is 0. The predicted octanol–water partition coefficient (Wildman–Crippen LogP) is 0.981. The lowest BCUT2D eigenvalue weighted by Gasteiger charge is -2.14. The lowest BCUT2D eigenvalue weighted by Crippen LogP contribution is -2.31. The summed E-state index contributed by atoms with van der Waals surface area (Å²) in [5.41, 5.74) is 0.737. The van der Waals surface area contributed by atoms with Crippen LogP contribution in [0.2, 0.25) is 0 Å². The van der Waals surface area contributed by atoms with Crippen LogP contribution >= 0.6 is 0 Å². The second kappa shape index (κ2) is 5.25. The van der Waals surface area contributed by atoms with Crippen molar-refractivity contribution in [2.45, 2.75) is 25.9 Å². The van der Waals surface area contributed by atoms with E-state index in [1.165, 1.54) is 0 Å². The number of fused-ring (bicyclic) bond motifs is 1. The average Bonchev–Trinajstić information content (AvgIpc) is 2.77. The van der Waals surface area contributed by atoms with Gasteiger partial charge in [-0.25, -0.2) is 0 Å². The van der Waals surface area contributed by atoms with E-state index in [-0.39, 0.29) is 25.2 Å². The number of benzene rings is 1. The van der Waals surface area contributed by atoms with Crippen molar-refractivity contribution < 1.29 is 19.7 Å². The summed E-state index contributed by atoms with van der Waals surface area (Å²) < 4.78 is 10.4. The maximum absolute atomic E-state index is 9.79. The van der Waals surface area contributed by atoms with Crippen LogP contribution in [0.1, 0.15) is 18.9 Å². The Kier molecular flexibility index (Phi) is 3.71. The Morgan fingerprint density at radius 3 is 2.71 bits per heavy atom. The fourth-order valence-electron chi connectivity index (χ4n) is 1.71. The summed E-state index contributed by atoms with van der Waals surface area (Å²) in [5, 5.41) is 22.0. The molecule has 1 aliphatic rings. The van der Waals surface area contributed by atoms with Crippen molar-refractivity contribution in [1.29, 1.82) is 0 Å². The Morgan fingerprint density at radius 1 is 1.35 bits per heavy atom. The first kappa shape index (κ1) is 12.0. The number of phenolic OH excluding ortho intramolecular Hbond substituents is 1. The number of hydrogen-bond donors (Lipinski definition) is 3. The van der Waals surface area contributed by atoms with E-state index in [0.29, 0.717) is 18.0 Å². The van der Waals surface area contributed by atoms with Crippen molar-refractivity contribution in [3.8, 4) is 17.2 Å². The molecule has 0 amide bonds. The quantitative estimate of drug-likeness (QED) is 0.714. The molecule has 1 aromatic carbocycles. The molecule has 3 N–H and O–H groups in total. The molecule has 0 fully saturated rings. The summed E-state index contributed by atoms with van der Waals surface area (Å²) >= 11 is 0. The number of aliphatic hydroxyl groups is 1. The zero-order chi connectivity index (χ0) is 12.3. The van der Waals surface area contributed by atoms with Crippen LogP contribution in [0.4, 0.5) is 0 Å². The van der Waals surface area contributed by atoms with Gasteiger partial charge in [0.15, 0.2) is 11.5 Å². The summed E-state index contributed by atoms with van der Waals surface area (Å²) in [4.78, 5) is 0. The smallest absolute Gasteiger partial charge is 0.231 e. The molecule has 1 aliphatic heterocycles.